The minimum absolute atomic E-state index is 0. The van der Waals surface area contributed by atoms with Crippen molar-refractivity contribution in [1.29, 1.82) is 0 Å². The van der Waals surface area contributed by atoms with E-state index in [4.69, 9.17) is 0 Å². The molecule has 5 heteroatoms. The smallest absolute Gasteiger partial charge is 0.870 e. The third-order valence-corrected chi connectivity index (χ3v) is 0. The molecule has 0 rings (SSSR count). The van der Waals surface area contributed by atoms with Crippen LogP contribution in [0.3, 0.4) is 0 Å². The quantitative estimate of drug-likeness (QED) is 0.376. The summed E-state index contributed by atoms with van der Waals surface area (Å²) in [5.74, 6) is 0. The molecule has 0 spiro atoms. The third kappa shape index (κ3) is 22.2. The Balaban J connectivity index is 0. The number of hydrogen-bond donors (Lipinski definition) is 0. The fourth-order valence-corrected chi connectivity index (χ4v) is 0. The van der Waals surface area contributed by atoms with Crippen molar-refractivity contribution in [1.82, 2.24) is 0 Å². The van der Waals surface area contributed by atoms with Crippen LogP contribution in [0.1, 0.15) is 0 Å². The first kappa shape index (κ1) is 55.5. The Labute approximate surface area is 91.1 Å². The topological polar surface area (TPSA) is 93.0 Å². The second-order valence-corrected chi connectivity index (χ2v) is 0. The van der Waals surface area contributed by atoms with Crippen LogP contribution in [0, 0.1) is 0 Å². The monoisotopic (exact) mass is 189 g/mol. The standard InChI is InChI=1S/3H2O.Rb.V/h3*1H2;;/q;;;+1;/p-1. The van der Waals surface area contributed by atoms with E-state index in [1.54, 1.807) is 0 Å². The minimum atomic E-state index is 0. The van der Waals surface area contributed by atoms with Gasteiger partial charge in [-0.2, -0.15) is 0 Å². The van der Waals surface area contributed by atoms with Crippen molar-refractivity contribution in [3.63, 3.8) is 0 Å². The normalized spacial score (nSPS) is 0. The van der Waals surface area contributed by atoms with Crippen LogP contribution < -0.4 is 58.2 Å². The van der Waals surface area contributed by atoms with E-state index in [1.165, 1.54) is 0 Å². The minimum Gasteiger partial charge on any atom is -0.870 e. The summed E-state index contributed by atoms with van der Waals surface area (Å²) in [6, 6.07) is 0. The summed E-state index contributed by atoms with van der Waals surface area (Å²) in [7, 11) is 0. The molecule has 0 aliphatic rings. The molecule has 0 saturated carbocycles. The first-order chi connectivity index (χ1) is 0. The molecule has 0 aromatic rings. The molecule has 29 valence electrons. The predicted molar refractivity (Wildman–Crippen MR) is 9.16 cm³/mol. The maximum Gasteiger partial charge on any atom is 1.00 e. The molecule has 0 fully saturated rings. The second-order valence-electron chi connectivity index (χ2n) is 0. The SMILES string of the molecule is O.O.[OH-].[Rb+].[V]. The fraction of sp³-hybridized carbons (Fsp3) is 0. The average molecular weight is 189 g/mol. The summed E-state index contributed by atoms with van der Waals surface area (Å²) < 4.78 is 0. The van der Waals surface area contributed by atoms with E-state index in [2.05, 4.69) is 0 Å². The Morgan fingerprint density at radius 2 is 0.800 bits per heavy atom. The summed E-state index contributed by atoms with van der Waals surface area (Å²) in [6.45, 7) is 0. The van der Waals surface area contributed by atoms with Crippen molar-refractivity contribution >= 4 is 0 Å². The van der Waals surface area contributed by atoms with Crippen LogP contribution >= 0.6 is 0 Å². The molecule has 0 aromatic carbocycles. The Hall–Kier alpha value is 2.27. The Morgan fingerprint density at radius 3 is 0.800 bits per heavy atom. The van der Waals surface area contributed by atoms with Crippen molar-refractivity contribution in [3.8, 4) is 0 Å². The summed E-state index contributed by atoms with van der Waals surface area (Å²) in [4.78, 5) is 0. The van der Waals surface area contributed by atoms with Gasteiger partial charge in [0.05, 0.1) is 0 Å². The van der Waals surface area contributed by atoms with Crippen LogP contribution in [-0.2, 0) is 18.6 Å². The molecule has 0 bridgehead atoms. The zero-order valence-electron chi connectivity index (χ0n) is 2.89. The van der Waals surface area contributed by atoms with E-state index in [1.807, 2.05) is 0 Å². The van der Waals surface area contributed by atoms with Gasteiger partial charge < -0.3 is 16.4 Å². The Kier molecular flexibility index (Phi) is 375. The molecule has 0 heterocycles. The van der Waals surface area contributed by atoms with Gasteiger partial charge in [-0.25, -0.2) is 0 Å². The molecule has 0 aromatic heterocycles. The molecule has 0 saturated heterocycles. The van der Waals surface area contributed by atoms with Gasteiger partial charge in [-0.15, -0.1) is 0 Å². The van der Waals surface area contributed by atoms with Crippen LogP contribution in [0.2, 0.25) is 0 Å². The number of rotatable bonds is 0. The molecule has 5 heavy (non-hydrogen) atoms. The summed E-state index contributed by atoms with van der Waals surface area (Å²) in [5.41, 5.74) is 0. The molecule has 0 aliphatic heterocycles. The Bertz CT molecular complexity index is 6.85. The van der Waals surface area contributed by atoms with E-state index in [9.17, 15) is 0 Å². The summed E-state index contributed by atoms with van der Waals surface area (Å²) in [5, 5.41) is 0. The average Bonchev–Trinajstić information content (AvgIpc) is 0. The maximum absolute atomic E-state index is 0. The molecule has 0 unspecified atom stereocenters. The fourth-order valence-electron chi connectivity index (χ4n) is 0. The van der Waals surface area contributed by atoms with E-state index >= 15 is 0 Å². The zero-order valence-corrected chi connectivity index (χ0v) is 9.21. The molecular weight excluding hydrogens is 184 g/mol. The van der Waals surface area contributed by atoms with Crippen molar-refractivity contribution in [2.75, 3.05) is 0 Å². The van der Waals surface area contributed by atoms with Gasteiger partial charge in [0.25, 0.3) is 0 Å². The number of hydrogen-bond acceptors (Lipinski definition) is 1. The van der Waals surface area contributed by atoms with Crippen LogP contribution in [-0.4, -0.2) is 16.4 Å². The summed E-state index contributed by atoms with van der Waals surface area (Å²) >= 11 is 0. The second kappa shape index (κ2) is 33.8. The summed E-state index contributed by atoms with van der Waals surface area (Å²) in [6.07, 6.45) is 0. The van der Waals surface area contributed by atoms with Crippen LogP contribution in [0.15, 0.2) is 0 Å². The van der Waals surface area contributed by atoms with E-state index in [0.717, 1.165) is 0 Å². The van der Waals surface area contributed by atoms with Gasteiger partial charge in [0, 0.05) is 18.6 Å². The Morgan fingerprint density at radius 1 is 0.800 bits per heavy atom. The van der Waals surface area contributed by atoms with Crippen LogP contribution in [0.5, 0.6) is 0 Å². The third-order valence-electron chi connectivity index (χ3n) is 0. The van der Waals surface area contributed by atoms with Gasteiger partial charge in [-0.1, -0.05) is 0 Å². The van der Waals surface area contributed by atoms with Gasteiger partial charge >= 0.3 is 58.2 Å². The largest absolute Gasteiger partial charge is 1.00 e. The van der Waals surface area contributed by atoms with Gasteiger partial charge in [0.15, 0.2) is 0 Å². The zero-order chi connectivity index (χ0) is 0. The molecule has 0 amide bonds. The van der Waals surface area contributed by atoms with Gasteiger partial charge in [-0.05, 0) is 0 Å². The van der Waals surface area contributed by atoms with Crippen LogP contribution in [0.25, 0.3) is 0 Å². The van der Waals surface area contributed by atoms with Crippen molar-refractivity contribution < 1.29 is 93.2 Å². The van der Waals surface area contributed by atoms with Gasteiger partial charge in [0.2, 0.25) is 0 Å². The van der Waals surface area contributed by atoms with E-state index < -0.39 is 0 Å². The van der Waals surface area contributed by atoms with Crippen LogP contribution in [0.4, 0.5) is 0 Å². The molecule has 1 radical (unpaired) electrons. The molecular formula is H5O3RbV. The van der Waals surface area contributed by atoms with Gasteiger partial charge in [-0.3, -0.25) is 0 Å². The first-order valence-electron chi connectivity index (χ1n) is 0. The van der Waals surface area contributed by atoms with Crippen molar-refractivity contribution in [3.05, 3.63) is 0 Å². The van der Waals surface area contributed by atoms with Crippen molar-refractivity contribution in [2.24, 2.45) is 0 Å². The van der Waals surface area contributed by atoms with E-state index in [-0.39, 0.29) is 93.2 Å². The molecule has 5 N–H and O–H groups in total. The molecule has 0 aliphatic carbocycles. The molecule has 0 atom stereocenters. The first-order valence-corrected chi connectivity index (χ1v) is 0. The predicted octanol–water partition coefficient (Wildman–Crippen LogP) is -4.82. The maximum atomic E-state index is 0. The molecule has 3 nitrogen and oxygen atoms in total. The van der Waals surface area contributed by atoms with Gasteiger partial charge in [0.1, 0.15) is 0 Å². The van der Waals surface area contributed by atoms with Crippen molar-refractivity contribution in [2.45, 2.75) is 0 Å². The van der Waals surface area contributed by atoms with E-state index in [0.29, 0.717) is 0 Å².